The van der Waals surface area contributed by atoms with Crippen LogP contribution in [0.3, 0.4) is 0 Å². The topological polar surface area (TPSA) is 69.9 Å². The molecular weight excluding hydrogens is 421 g/mol. The van der Waals surface area contributed by atoms with Crippen molar-refractivity contribution in [1.82, 2.24) is 4.57 Å². The van der Waals surface area contributed by atoms with Crippen molar-refractivity contribution in [2.75, 3.05) is 0 Å². The van der Waals surface area contributed by atoms with Gasteiger partial charge in [0.25, 0.3) is 0 Å². The van der Waals surface area contributed by atoms with Crippen molar-refractivity contribution in [3.05, 3.63) is 46.2 Å². The molecule has 0 amide bonds. The van der Waals surface area contributed by atoms with E-state index in [9.17, 15) is 21.6 Å². The second-order valence-corrected chi connectivity index (χ2v) is 8.65. The first-order valence-electron chi connectivity index (χ1n) is 8.01. The maximum absolute atomic E-state index is 12.8. The van der Waals surface area contributed by atoms with Crippen molar-refractivity contribution in [2.24, 2.45) is 4.99 Å². The molecule has 0 saturated carbocycles. The summed E-state index contributed by atoms with van der Waals surface area (Å²) in [6.07, 6.45) is 0. The Morgan fingerprint density at radius 1 is 1.18 bits per heavy atom. The van der Waals surface area contributed by atoms with Crippen LogP contribution in [0.2, 0.25) is 5.02 Å². The third-order valence-electron chi connectivity index (χ3n) is 3.98. The molecule has 11 heteroatoms. The summed E-state index contributed by atoms with van der Waals surface area (Å²) < 4.78 is 73.1. The van der Waals surface area contributed by atoms with Gasteiger partial charge in [0, 0.05) is 17.5 Å². The van der Waals surface area contributed by atoms with Crippen LogP contribution in [0.4, 0.5) is 13.2 Å². The van der Waals surface area contributed by atoms with Gasteiger partial charge in [0.2, 0.25) is 5.90 Å². The van der Waals surface area contributed by atoms with Crippen LogP contribution < -0.4 is 4.74 Å². The highest BCUT2D eigenvalue weighted by molar-refractivity contribution is 7.88. The van der Waals surface area contributed by atoms with Crippen molar-refractivity contribution in [3.63, 3.8) is 0 Å². The van der Waals surface area contributed by atoms with Crippen molar-refractivity contribution < 1.29 is 30.5 Å². The lowest BCUT2D eigenvalue weighted by Gasteiger charge is -2.30. The minimum absolute atomic E-state index is 0.0578. The average Bonchev–Trinajstić information content (AvgIpc) is 2.82. The number of rotatable bonds is 2. The second-order valence-electron chi connectivity index (χ2n) is 6.70. The van der Waals surface area contributed by atoms with Crippen LogP contribution in [0, 0.1) is 13.8 Å². The maximum Gasteiger partial charge on any atom is 0.534 e. The van der Waals surface area contributed by atoms with Gasteiger partial charge in [-0.15, -0.1) is 0 Å². The van der Waals surface area contributed by atoms with Crippen LogP contribution in [0.1, 0.15) is 30.8 Å². The number of aromatic nitrogens is 1. The summed E-state index contributed by atoms with van der Waals surface area (Å²) in [6, 6.07) is 6.79. The summed E-state index contributed by atoms with van der Waals surface area (Å²) in [5.74, 6) is -0.719. The highest BCUT2D eigenvalue weighted by Gasteiger charge is 2.50. The fraction of sp³-hybridized carbons (Fsp3) is 0.353. The zero-order valence-corrected chi connectivity index (χ0v) is 16.8. The van der Waals surface area contributed by atoms with Crippen LogP contribution in [0.5, 0.6) is 5.75 Å². The summed E-state index contributed by atoms with van der Waals surface area (Å²) in [7, 11) is -5.92. The molecule has 3 rings (SSSR count). The van der Waals surface area contributed by atoms with Crippen LogP contribution in [0.25, 0.3) is 5.69 Å². The van der Waals surface area contributed by atoms with Gasteiger partial charge in [-0.25, -0.2) is 4.99 Å². The molecular formula is C17H16ClF3N2O4S. The van der Waals surface area contributed by atoms with Gasteiger partial charge in [-0.1, -0.05) is 11.6 Å². The molecule has 2 heterocycles. The van der Waals surface area contributed by atoms with E-state index in [1.807, 2.05) is 30.5 Å². The molecule has 6 nitrogen and oxygen atoms in total. The van der Waals surface area contributed by atoms with Gasteiger partial charge in [0.15, 0.2) is 5.72 Å². The van der Waals surface area contributed by atoms with E-state index in [0.29, 0.717) is 5.69 Å². The third-order valence-corrected chi connectivity index (χ3v) is 5.23. The van der Waals surface area contributed by atoms with Gasteiger partial charge in [0.05, 0.1) is 16.3 Å². The normalized spacial score (nSPS) is 16.2. The predicted molar refractivity (Wildman–Crippen MR) is 97.6 cm³/mol. The molecule has 0 spiro atoms. The molecule has 28 heavy (non-hydrogen) atoms. The number of alkyl halides is 3. The Morgan fingerprint density at radius 3 is 2.29 bits per heavy atom. The van der Waals surface area contributed by atoms with Crippen LogP contribution in [0.15, 0.2) is 29.3 Å². The summed E-state index contributed by atoms with van der Waals surface area (Å²) in [4.78, 5) is 3.84. The molecule has 0 radical (unpaired) electrons. The standard InChI is InChI=1S/C17H16ClF3N2O4S/c1-9-5-6-10(2)23(9)11-7-12(18)14-13(8-11)26-16(3,4)22-15(14)27-28(24,25)17(19,20)21/h5-8H,1-4H3. The second kappa shape index (κ2) is 6.41. The zero-order valence-electron chi connectivity index (χ0n) is 15.3. The maximum atomic E-state index is 12.8. The van der Waals surface area contributed by atoms with Crippen molar-refractivity contribution in [1.29, 1.82) is 0 Å². The lowest BCUT2D eigenvalue weighted by molar-refractivity contribution is -0.0506. The SMILES string of the molecule is Cc1ccc(C)n1-c1cc(Cl)c2c(c1)OC(C)(C)N=C2OS(=O)(=O)C(F)(F)F. The first-order chi connectivity index (χ1) is 12.7. The first-order valence-corrected chi connectivity index (χ1v) is 9.79. The largest absolute Gasteiger partial charge is 0.534 e. The van der Waals surface area contributed by atoms with E-state index in [1.165, 1.54) is 19.9 Å². The average molecular weight is 437 g/mol. The van der Waals surface area contributed by atoms with Crippen molar-refractivity contribution in [3.8, 4) is 11.4 Å². The highest BCUT2D eigenvalue weighted by atomic mass is 35.5. The number of hydrogen-bond donors (Lipinski definition) is 0. The molecule has 0 fully saturated rings. The number of fused-ring (bicyclic) bond motifs is 1. The first kappa shape index (κ1) is 20.5. The number of aryl methyl sites for hydroxylation is 2. The lowest BCUT2D eigenvalue weighted by Crippen LogP contribution is -2.36. The minimum Gasteiger partial charge on any atom is -0.466 e. The Morgan fingerprint density at radius 2 is 1.75 bits per heavy atom. The van der Waals surface area contributed by atoms with E-state index in [4.69, 9.17) is 16.3 Å². The van der Waals surface area contributed by atoms with E-state index >= 15 is 0 Å². The van der Waals surface area contributed by atoms with Gasteiger partial charge in [0.1, 0.15) is 5.75 Å². The minimum atomic E-state index is -5.92. The quantitative estimate of drug-likeness (QED) is 0.514. The Bertz CT molecular complexity index is 1070. The molecule has 1 aromatic heterocycles. The fourth-order valence-corrected chi connectivity index (χ4v) is 3.57. The fourth-order valence-electron chi connectivity index (χ4n) is 2.86. The molecule has 0 bridgehead atoms. The van der Waals surface area contributed by atoms with Crippen molar-refractivity contribution in [2.45, 2.75) is 38.9 Å². The summed E-state index contributed by atoms with van der Waals surface area (Å²) in [6.45, 7) is 6.65. The number of halogens is 4. The number of benzene rings is 1. The van der Waals surface area contributed by atoms with E-state index in [2.05, 4.69) is 9.18 Å². The smallest absolute Gasteiger partial charge is 0.466 e. The Balaban J connectivity index is 2.17. The Hall–Kier alpha value is -2.20. The van der Waals surface area contributed by atoms with Gasteiger partial charge in [-0.3, -0.25) is 0 Å². The molecule has 0 saturated heterocycles. The van der Waals surface area contributed by atoms with E-state index < -0.39 is 27.2 Å². The van der Waals surface area contributed by atoms with E-state index in [1.54, 1.807) is 6.07 Å². The predicted octanol–water partition coefficient (Wildman–Crippen LogP) is 4.49. The van der Waals surface area contributed by atoms with Crippen LogP contribution in [-0.2, 0) is 14.3 Å². The Kier molecular flexibility index (Phi) is 4.70. The molecule has 1 aromatic carbocycles. The summed E-state index contributed by atoms with van der Waals surface area (Å²) in [5.41, 5.74) is -4.75. The number of nitrogens with zero attached hydrogens (tertiary/aromatic N) is 2. The zero-order chi connectivity index (χ0) is 21.1. The van der Waals surface area contributed by atoms with Gasteiger partial charge in [-0.05, 0) is 45.9 Å². The molecule has 2 aromatic rings. The molecule has 0 atom stereocenters. The van der Waals surface area contributed by atoms with Gasteiger partial charge >= 0.3 is 15.6 Å². The third kappa shape index (κ3) is 3.58. The summed E-state index contributed by atoms with van der Waals surface area (Å²) in [5, 5.41) is -0.0633. The number of aliphatic imine (C=N–C) groups is 1. The molecule has 0 N–H and O–H groups in total. The molecule has 152 valence electrons. The molecule has 1 aliphatic rings. The lowest BCUT2D eigenvalue weighted by atomic mass is 10.1. The highest BCUT2D eigenvalue weighted by Crippen LogP contribution is 2.39. The van der Waals surface area contributed by atoms with Gasteiger partial charge in [-0.2, -0.15) is 21.6 Å². The van der Waals surface area contributed by atoms with Crippen molar-refractivity contribution >= 4 is 27.6 Å². The van der Waals surface area contributed by atoms with Gasteiger partial charge < -0.3 is 13.5 Å². The number of hydrogen-bond acceptors (Lipinski definition) is 5. The van der Waals surface area contributed by atoms with E-state index in [-0.39, 0.29) is 16.3 Å². The molecule has 0 unspecified atom stereocenters. The molecule has 1 aliphatic heterocycles. The summed E-state index contributed by atoms with van der Waals surface area (Å²) >= 11 is 6.27. The van der Waals surface area contributed by atoms with Crippen LogP contribution in [-0.4, -0.2) is 30.1 Å². The number of ether oxygens (including phenoxy) is 1. The van der Waals surface area contributed by atoms with E-state index in [0.717, 1.165) is 11.4 Å². The molecule has 0 aliphatic carbocycles. The van der Waals surface area contributed by atoms with Crippen LogP contribution >= 0.6 is 11.6 Å². The Labute approximate surface area is 164 Å². The monoisotopic (exact) mass is 436 g/mol.